The first-order valence-corrected chi connectivity index (χ1v) is 5.74. The van der Waals surface area contributed by atoms with Crippen molar-refractivity contribution in [2.45, 2.75) is 6.92 Å². The number of hydrogen-bond acceptors (Lipinski definition) is 4. The summed E-state index contributed by atoms with van der Waals surface area (Å²) in [6, 6.07) is 4.69. The standard InChI is InChI=1S/C11H8Cl2N4O/c1-6-4-7(2-3-14-6)10(18)16-9-5-8(12)15-11(13)17-9/h2-5H,1H3,(H,15,16,17,18). The summed E-state index contributed by atoms with van der Waals surface area (Å²) >= 11 is 11.3. The van der Waals surface area contributed by atoms with Crippen LogP contribution in [0.15, 0.2) is 24.4 Å². The number of hydrogen-bond donors (Lipinski definition) is 1. The second-order valence-electron chi connectivity index (χ2n) is 3.48. The molecule has 0 spiro atoms. The van der Waals surface area contributed by atoms with E-state index >= 15 is 0 Å². The maximum absolute atomic E-state index is 11.9. The maximum Gasteiger partial charge on any atom is 0.256 e. The molecule has 2 aromatic rings. The number of anilines is 1. The van der Waals surface area contributed by atoms with E-state index in [-0.39, 0.29) is 22.2 Å². The van der Waals surface area contributed by atoms with Crippen LogP contribution in [0, 0.1) is 6.92 Å². The molecule has 0 bridgehead atoms. The Labute approximate surface area is 113 Å². The van der Waals surface area contributed by atoms with Gasteiger partial charge in [-0.3, -0.25) is 9.78 Å². The Morgan fingerprint density at radius 2 is 2.06 bits per heavy atom. The summed E-state index contributed by atoms with van der Waals surface area (Å²) in [6.07, 6.45) is 1.56. The highest BCUT2D eigenvalue weighted by Gasteiger charge is 2.09. The molecule has 0 aliphatic rings. The minimum atomic E-state index is -0.314. The SMILES string of the molecule is Cc1cc(C(=O)Nc2cc(Cl)nc(Cl)n2)ccn1. The minimum Gasteiger partial charge on any atom is -0.306 e. The molecule has 92 valence electrons. The Bertz CT molecular complexity index is 583. The maximum atomic E-state index is 11.9. The first-order valence-electron chi connectivity index (χ1n) is 4.99. The van der Waals surface area contributed by atoms with Crippen LogP contribution in [-0.4, -0.2) is 20.9 Å². The van der Waals surface area contributed by atoms with E-state index in [0.29, 0.717) is 5.56 Å². The van der Waals surface area contributed by atoms with Gasteiger partial charge in [-0.15, -0.1) is 0 Å². The number of aromatic nitrogens is 3. The number of amides is 1. The Morgan fingerprint density at radius 1 is 1.28 bits per heavy atom. The summed E-state index contributed by atoms with van der Waals surface area (Å²) in [6.45, 7) is 1.80. The summed E-state index contributed by atoms with van der Waals surface area (Å²) in [5.74, 6) is -0.0641. The largest absolute Gasteiger partial charge is 0.306 e. The lowest BCUT2D eigenvalue weighted by Gasteiger charge is -2.05. The van der Waals surface area contributed by atoms with Gasteiger partial charge in [0.15, 0.2) is 0 Å². The molecule has 2 aromatic heterocycles. The summed E-state index contributed by atoms with van der Waals surface area (Å²) in [4.78, 5) is 23.4. The van der Waals surface area contributed by atoms with Gasteiger partial charge in [-0.1, -0.05) is 11.6 Å². The first-order chi connectivity index (χ1) is 8.54. The Balaban J connectivity index is 2.21. The minimum absolute atomic E-state index is 0.0243. The summed E-state index contributed by atoms with van der Waals surface area (Å²) in [5.41, 5.74) is 1.23. The van der Waals surface area contributed by atoms with E-state index in [9.17, 15) is 4.79 Å². The molecule has 0 saturated heterocycles. The van der Waals surface area contributed by atoms with E-state index in [4.69, 9.17) is 23.2 Å². The number of nitrogens with one attached hydrogen (secondary N) is 1. The van der Waals surface area contributed by atoms with Crippen LogP contribution in [0.4, 0.5) is 5.82 Å². The van der Waals surface area contributed by atoms with E-state index in [1.807, 2.05) is 0 Å². The molecule has 18 heavy (non-hydrogen) atoms. The topological polar surface area (TPSA) is 67.8 Å². The van der Waals surface area contributed by atoms with Crippen LogP contribution in [0.25, 0.3) is 0 Å². The summed E-state index contributed by atoms with van der Waals surface area (Å²) in [5, 5.41) is 2.72. The van der Waals surface area contributed by atoms with Gasteiger partial charge in [0.2, 0.25) is 5.28 Å². The lowest BCUT2D eigenvalue weighted by Crippen LogP contribution is -2.13. The van der Waals surface area contributed by atoms with E-state index in [1.165, 1.54) is 6.07 Å². The molecule has 2 heterocycles. The van der Waals surface area contributed by atoms with Crippen LogP contribution < -0.4 is 5.32 Å². The Kier molecular flexibility index (Phi) is 3.74. The zero-order valence-corrected chi connectivity index (χ0v) is 10.8. The third kappa shape index (κ3) is 3.15. The number of carbonyl (C=O) groups excluding carboxylic acids is 1. The van der Waals surface area contributed by atoms with E-state index in [2.05, 4.69) is 20.3 Å². The van der Waals surface area contributed by atoms with E-state index in [0.717, 1.165) is 5.69 Å². The third-order valence-corrected chi connectivity index (χ3v) is 2.43. The fourth-order valence-electron chi connectivity index (χ4n) is 1.33. The van der Waals surface area contributed by atoms with Gasteiger partial charge in [-0.05, 0) is 30.7 Å². The van der Waals surface area contributed by atoms with Gasteiger partial charge < -0.3 is 5.32 Å². The van der Waals surface area contributed by atoms with Crippen LogP contribution in [0.5, 0.6) is 0 Å². The van der Waals surface area contributed by atoms with Crippen molar-refractivity contribution >= 4 is 34.9 Å². The quantitative estimate of drug-likeness (QED) is 0.679. The van der Waals surface area contributed by atoms with Crippen molar-refractivity contribution < 1.29 is 4.79 Å². The number of aryl methyl sites for hydroxylation is 1. The van der Waals surface area contributed by atoms with E-state index in [1.54, 1.807) is 25.3 Å². The van der Waals surface area contributed by atoms with Crippen molar-refractivity contribution in [1.29, 1.82) is 0 Å². The smallest absolute Gasteiger partial charge is 0.256 e. The zero-order chi connectivity index (χ0) is 13.1. The van der Waals surface area contributed by atoms with Gasteiger partial charge in [-0.2, -0.15) is 0 Å². The summed E-state index contributed by atoms with van der Waals surface area (Å²) in [7, 11) is 0. The van der Waals surface area contributed by atoms with Crippen molar-refractivity contribution in [3.63, 3.8) is 0 Å². The van der Waals surface area contributed by atoms with Crippen molar-refractivity contribution in [2.75, 3.05) is 5.32 Å². The monoisotopic (exact) mass is 282 g/mol. The molecule has 0 aliphatic carbocycles. The Morgan fingerprint density at radius 3 is 2.72 bits per heavy atom. The highest BCUT2D eigenvalue weighted by atomic mass is 35.5. The molecule has 0 saturated carbocycles. The van der Waals surface area contributed by atoms with Crippen molar-refractivity contribution in [2.24, 2.45) is 0 Å². The average molecular weight is 283 g/mol. The molecule has 0 fully saturated rings. The van der Waals surface area contributed by atoms with Crippen LogP contribution in [0.3, 0.4) is 0 Å². The molecular formula is C11H8Cl2N4O. The zero-order valence-electron chi connectivity index (χ0n) is 9.32. The van der Waals surface area contributed by atoms with Gasteiger partial charge >= 0.3 is 0 Å². The molecular weight excluding hydrogens is 275 g/mol. The molecule has 0 radical (unpaired) electrons. The van der Waals surface area contributed by atoms with Gasteiger partial charge in [0.05, 0.1) is 0 Å². The van der Waals surface area contributed by atoms with Crippen LogP contribution >= 0.6 is 23.2 Å². The fourth-order valence-corrected chi connectivity index (χ4v) is 1.74. The normalized spacial score (nSPS) is 10.2. The van der Waals surface area contributed by atoms with Crippen molar-refractivity contribution in [3.05, 3.63) is 46.1 Å². The predicted molar refractivity (Wildman–Crippen MR) is 69.0 cm³/mol. The van der Waals surface area contributed by atoms with Gasteiger partial charge in [-0.25, -0.2) is 9.97 Å². The second kappa shape index (κ2) is 5.29. The first kappa shape index (κ1) is 12.7. The molecule has 0 aromatic carbocycles. The predicted octanol–water partition coefficient (Wildman–Crippen LogP) is 2.74. The van der Waals surface area contributed by atoms with Crippen LogP contribution in [0.2, 0.25) is 10.4 Å². The molecule has 0 unspecified atom stereocenters. The average Bonchev–Trinajstić information content (AvgIpc) is 2.27. The van der Waals surface area contributed by atoms with Crippen molar-refractivity contribution in [1.82, 2.24) is 15.0 Å². The van der Waals surface area contributed by atoms with Gasteiger partial charge in [0.1, 0.15) is 11.0 Å². The molecule has 0 atom stereocenters. The lowest BCUT2D eigenvalue weighted by molar-refractivity contribution is 0.102. The van der Waals surface area contributed by atoms with E-state index < -0.39 is 0 Å². The highest BCUT2D eigenvalue weighted by Crippen LogP contribution is 2.15. The van der Waals surface area contributed by atoms with Crippen LogP contribution in [-0.2, 0) is 0 Å². The number of halogens is 2. The number of rotatable bonds is 2. The molecule has 2 rings (SSSR count). The Hall–Kier alpha value is -1.72. The molecule has 1 N–H and O–H groups in total. The fraction of sp³-hybridized carbons (Fsp3) is 0.0909. The van der Waals surface area contributed by atoms with Crippen molar-refractivity contribution in [3.8, 4) is 0 Å². The molecule has 5 nitrogen and oxygen atoms in total. The van der Waals surface area contributed by atoms with Gasteiger partial charge in [0, 0.05) is 23.5 Å². The lowest BCUT2D eigenvalue weighted by atomic mass is 10.2. The summed E-state index contributed by atoms with van der Waals surface area (Å²) < 4.78 is 0. The molecule has 0 aliphatic heterocycles. The third-order valence-electron chi connectivity index (χ3n) is 2.07. The molecule has 1 amide bonds. The molecule has 7 heteroatoms. The second-order valence-corrected chi connectivity index (χ2v) is 4.21. The highest BCUT2D eigenvalue weighted by molar-refractivity contribution is 6.32. The number of pyridine rings is 1. The number of carbonyl (C=O) groups is 1. The van der Waals surface area contributed by atoms with Crippen LogP contribution in [0.1, 0.15) is 16.1 Å². The van der Waals surface area contributed by atoms with Gasteiger partial charge in [0.25, 0.3) is 5.91 Å². The number of nitrogens with zero attached hydrogens (tertiary/aromatic N) is 3.